The van der Waals surface area contributed by atoms with E-state index in [1.165, 1.54) is 32.1 Å². The van der Waals surface area contributed by atoms with E-state index < -0.39 is 0 Å². The molecule has 3 aromatic rings. The van der Waals surface area contributed by atoms with Crippen LogP contribution in [0.25, 0.3) is 6.08 Å². The van der Waals surface area contributed by atoms with Gasteiger partial charge in [-0.25, -0.2) is 4.79 Å². The maximum atomic E-state index is 12.3. The Bertz CT molecular complexity index is 1170. The number of hydrogen-bond acceptors (Lipinski definition) is 6. The third kappa shape index (κ3) is 12.9. The molecule has 3 aromatic carbocycles. The van der Waals surface area contributed by atoms with Gasteiger partial charge in [0.05, 0.1) is 36.8 Å². The van der Waals surface area contributed by atoms with Gasteiger partial charge in [0.1, 0.15) is 11.5 Å². The Balaban J connectivity index is 1.26. The maximum absolute atomic E-state index is 12.3. The van der Waals surface area contributed by atoms with Crippen molar-refractivity contribution in [3.63, 3.8) is 0 Å². The van der Waals surface area contributed by atoms with Crippen molar-refractivity contribution in [3.8, 4) is 11.5 Å². The van der Waals surface area contributed by atoms with Crippen LogP contribution >= 0.6 is 0 Å². The summed E-state index contributed by atoms with van der Waals surface area (Å²) in [6, 6.07) is 22.5. The van der Waals surface area contributed by atoms with Crippen molar-refractivity contribution in [1.82, 2.24) is 0 Å². The minimum atomic E-state index is -0.323. The van der Waals surface area contributed by atoms with Gasteiger partial charge in [-0.15, -0.1) is 0 Å². The van der Waals surface area contributed by atoms with Gasteiger partial charge >= 0.3 is 5.97 Å². The van der Waals surface area contributed by atoms with E-state index in [9.17, 15) is 4.79 Å². The van der Waals surface area contributed by atoms with Crippen molar-refractivity contribution in [3.05, 3.63) is 90.5 Å². The highest BCUT2D eigenvalue weighted by Crippen LogP contribution is 2.22. The van der Waals surface area contributed by atoms with E-state index >= 15 is 0 Å². The fourth-order valence-electron chi connectivity index (χ4n) is 4.16. The van der Waals surface area contributed by atoms with Crippen LogP contribution in [0.15, 0.2) is 89.6 Å². The Labute approximate surface area is 245 Å². The van der Waals surface area contributed by atoms with Gasteiger partial charge in [-0.05, 0) is 98.3 Å². The van der Waals surface area contributed by atoms with Crippen LogP contribution in [0.1, 0.15) is 87.1 Å². The Hall–Kier alpha value is -3.93. The quantitative estimate of drug-likeness (QED) is 0.0788. The van der Waals surface area contributed by atoms with Gasteiger partial charge in [-0.3, -0.25) is 0 Å². The minimum absolute atomic E-state index is 0.323. The van der Waals surface area contributed by atoms with Crippen molar-refractivity contribution in [1.29, 1.82) is 0 Å². The monoisotopic (exact) mass is 556 g/mol. The summed E-state index contributed by atoms with van der Waals surface area (Å²) < 4.78 is 17.0. The summed E-state index contributed by atoms with van der Waals surface area (Å²) in [5.41, 5.74) is 3.00. The number of unbranched alkanes of at least 4 members (excludes halogenated alkanes) is 8. The van der Waals surface area contributed by atoms with E-state index in [-0.39, 0.29) is 5.97 Å². The fraction of sp³-hybridized carbons (Fsp3) is 0.400. The van der Waals surface area contributed by atoms with Crippen LogP contribution < -0.4 is 9.47 Å². The van der Waals surface area contributed by atoms with Gasteiger partial charge in [0.25, 0.3) is 0 Å². The van der Waals surface area contributed by atoms with Crippen molar-refractivity contribution in [2.24, 2.45) is 10.2 Å². The lowest BCUT2D eigenvalue weighted by molar-refractivity contribution is 0.0497. The van der Waals surface area contributed by atoms with E-state index in [1.807, 2.05) is 54.6 Å². The van der Waals surface area contributed by atoms with E-state index in [0.29, 0.717) is 24.5 Å². The number of azo groups is 1. The molecule has 0 spiro atoms. The first kappa shape index (κ1) is 31.6. The van der Waals surface area contributed by atoms with Gasteiger partial charge in [-0.1, -0.05) is 63.8 Å². The summed E-state index contributed by atoms with van der Waals surface area (Å²) in [6.45, 7) is 7.81. The topological polar surface area (TPSA) is 69.5 Å². The summed E-state index contributed by atoms with van der Waals surface area (Å²) in [4.78, 5) is 12.3. The largest absolute Gasteiger partial charge is 0.494 e. The second kappa shape index (κ2) is 19.2. The Morgan fingerprint density at radius 1 is 0.634 bits per heavy atom. The molecule has 6 nitrogen and oxygen atoms in total. The lowest BCUT2D eigenvalue weighted by Crippen LogP contribution is -2.06. The van der Waals surface area contributed by atoms with Gasteiger partial charge < -0.3 is 14.2 Å². The number of carbonyl (C=O) groups is 1. The molecule has 0 aliphatic heterocycles. The first-order valence-electron chi connectivity index (χ1n) is 14.9. The number of carbonyl (C=O) groups excluding carboxylic acids is 1. The molecule has 0 aromatic heterocycles. The molecule has 0 unspecified atom stereocenters. The van der Waals surface area contributed by atoms with Crippen LogP contribution in [-0.2, 0) is 4.74 Å². The molecular weight excluding hydrogens is 512 g/mol. The van der Waals surface area contributed by atoms with Gasteiger partial charge in [0, 0.05) is 0 Å². The minimum Gasteiger partial charge on any atom is -0.494 e. The van der Waals surface area contributed by atoms with E-state index in [4.69, 9.17) is 14.2 Å². The second-order valence-electron chi connectivity index (χ2n) is 10.0. The van der Waals surface area contributed by atoms with Crippen LogP contribution in [0, 0.1) is 0 Å². The van der Waals surface area contributed by atoms with Crippen LogP contribution in [0.5, 0.6) is 11.5 Å². The summed E-state index contributed by atoms with van der Waals surface area (Å²) >= 11 is 0. The molecule has 41 heavy (non-hydrogen) atoms. The van der Waals surface area contributed by atoms with Crippen molar-refractivity contribution >= 4 is 23.4 Å². The average Bonchev–Trinajstić information content (AvgIpc) is 3.02. The molecule has 0 aliphatic rings. The van der Waals surface area contributed by atoms with Crippen molar-refractivity contribution < 1.29 is 19.0 Å². The van der Waals surface area contributed by atoms with Gasteiger partial charge in [-0.2, -0.15) is 10.2 Å². The van der Waals surface area contributed by atoms with E-state index in [1.54, 1.807) is 24.3 Å². The zero-order valence-electron chi connectivity index (χ0n) is 24.4. The molecule has 0 heterocycles. The summed E-state index contributed by atoms with van der Waals surface area (Å²) in [7, 11) is 0. The molecule has 0 saturated heterocycles. The highest BCUT2D eigenvalue weighted by Gasteiger charge is 2.07. The fourth-order valence-corrected chi connectivity index (χ4v) is 4.16. The predicted molar refractivity (Wildman–Crippen MR) is 167 cm³/mol. The summed E-state index contributed by atoms with van der Waals surface area (Å²) in [5, 5.41) is 8.56. The molecule has 0 aliphatic carbocycles. The third-order valence-electron chi connectivity index (χ3n) is 6.64. The van der Waals surface area contributed by atoms with Crippen LogP contribution in [0.3, 0.4) is 0 Å². The number of nitrogens with zero attached hydrogens (tertiary/aromatic N) is 2. The highest BCUT2D eigenvalue weighted by molar-refractivity contribution is 5.89. The van der Waals surface area contributed by atoms with E-state index in [2.05, 4.69) is 23.7 Å². The normalized spacial score (nSPS) is 11.0. The number of hydrogen-bond donors (Lipinski definition) is 0. The first-order chi connectivity index (χ1) is 20.2. The van der Waals surface area contributed by atoms with Crippen LogP contribution in [-0.4, -0.2) is 25.8 Å². The highest BCUT2D eigenvalue weighted by atomic mass is 16.5. The average molecular weight is 557 g/mol. The van der Waals surface area contributed by atoms with Gasteiger partial charge in [0.15, 0.2) is 0 Å². The lowest BCUT2D eigenvalue weighted by Gasteiger charge is -2.07. The van der Waals surface area contributed by atoms with Crippen LogP contribution in [0.2, 0.25) is 0 Å². The maximum Gasteiger partial charge on any atom is 0.338 e. The Morgan fingerprint density at radius 2 is 1.10 bits per heavy atom. The molecule has 0 amide bonds. The first-order valence-corrected chi connectivity index (χ1v) is 14.9. The molecular formula is C35H44N2O4. The molecule has 0 N–H and O–H groups in total. The molecule has 0 bridgehead atoms. The number of esters is 1. The van der Waals surface area contributed by atoms with E-state index in [0.717, 1.165) is 61.5 Å². The smallest absolute Gasteiger partial charge is 0.338 e. The lowest BCUT2D eigenvalue weighted by atomic mass is 10.1. The summed E-state index contributed by atoms with van der Waals surface area (Å²) in [6.07, 6.45) is 13.1. The molecule has 0 fully saturated rings. The molecule has 218 valence electrons. The second-order valence-corrected chi connectivity index (χ2v) is 10.0. The number of rotatable bonds is 20. The standard InChI is InChI=1S/C35H44N2O4/c1-3-5-6-7-8-11-26-40-34-24-20-32(21-25-34)37-36-31-18-16-30(17-19-31)35(38)41-28-13-10-9-12-27-39-33-22-14-29(4-2)15-23-33/h4,14-25H,2-3,5-13,26-28H2,1H3. The predicted octanol–water partition coefficient (Wildman–Crippen LogP) is 10.3. The van der Waals surface area contributed by atoms with Crippen molar-refractivity contribution in [2.45, 2.75) is 71.1 Å². The SMILES string of the molecule is C=Cc1ccc(OCCCCCCOC(=O)c2ccc(N=Nc3ccc(OCCCCCCCC)cc3)cc2)cc1. The molecule has 0 saturated carbocycles. The molecule has 6 heteroatoms. The zero-order valence-corrected chi connectivity index (χ0v) is 24.4. The molecule has 3 rings (SSSR count). The summed E-state index contributed by atoms with van der Waals surface area (Å²) in [5.74, 6) is 1.40. The third-order valence-corrected chi connectivity index (χ3v) is 6.64. The van der Waals surface area contributed by atoms with Gasteiger partial charge in [0.2, 0.25) is 0 Å². The number of benzene rings is 3. The molecule has 0 atom stereocenters. The van der Waals surface area contributed by atoms with Crippen molar-refractivity contribution in [2.75, 3.05) is 19.8 Å². The Morgan fingerprint density at radius 3 is 1.63 bits per heavy atom. The molecule has 0 radical (unpaired) electrons. The Kier molecular flexibility index (Phi) is 14.8. The van der Waals surface area contributed by atoms with Crippen LogP contribution in [0.4, 0.5) is 11.4 Å². The zero-order chi connectivity index (χ0) is 29.0. The number of ether oxygens (including phenoxy) is 3.